The molecule has 0 atom stereocenters. The Labute approximate surface area is 337 Å². The second kappa shape index (κ2) is 14.1. The van der Waals surface area contributed by atoms with Gasteiger partial charge in [-0.3, -0.25) is 0 Å². The van der Waals surface area contributed by atoms with Crippen LogP contribution in [0, 0.1) is 0 Å². The van der Waals surface area contributed by atoms with Crippen LogP contribution in [0.3, 0.4) is 0 Å². The fourth-order valence-corrected chi connectivity index (χ4v) is 8.56. The van der Waals surface area contributed by atoms with Crippen LogP contribution in [0.25, 0.3) is 88.0 Å². The zero-order valence-corrected chi connectivity index (χ0v) is 31.7. The van der Waals surface area contributed by atoms with Crippen LogP contribution in [-0.2, 0) is 0 Å². The number of para-hydroxylation sites is 1. The SMILES string of the molecule is c1ccc(-c2c(-c3cccc(N(c4ccc(-c5ccc6c(ccc7ccccc76)c5)cc4)c4cccc(-c5ccc6ccccc6c5)c4)c3)oc3ccccc23)cc1. The van der Waals surface area contributed by atoms with Gasteiger partial charge < -0.3 is 9.32 Å². The molecule has 0 N–H and O–H groups in total. The average Bonchev–Trinajstić information content (AvgIpc) is 3.69. The first-order valence-electron chi connectivity index (χ1n) is 19.8. The maximum atomic E-state index is 6.70. The Hall–Kier alpha value is -7.68. The third kappa shape index (κ3) is 6.00. The number of fused-ring (bicyclic) bond motifs is 5. The molecule has 0 aliphatic carbocycles. The highest BCUT2D eigenvalue weighted by atomic mass is 16.3. The first kappa shape index (κ1) is 33.6. The zero-order valence-electron chi connectivity index (χ0n) is 31.7. The van der Waals surface area contributed by atoms with Gasteiger partial charge in [0, 0.05) is 33.6 Å². The first-order valence-corrected chi connectivity index (χ1v) is 19.8. The lowest BCUT2D eigenvalue weighted by Crippen LogP contribution is -2.10. The number of anilines is 3. The molecule has 2 heteroatoms. The molecule has 0 amide bonds. The zero-order chi connectivity index (χ0) is 38.4. The van der Waals surface area contributed by atoms with E-state index in [2.05, 4.69) is 223 Å². The second-order valence-corrected chi connectivity index (χ2v) is 14.9. The standard InChI is InChI=1S/C56H37NO/c1-2-14-41(15-3-1)55-53-22-8-9-23-54(53)58-56(55)47-18-11-20-50(37-47)57(49-19-10-17-43(36-49)45-26-24-38-12-4-5-16-42(38)34-45)48-31-28-39(29-32-48)44-30-33-52-46(35-44)27-25-40-13-6-7-21-51(40)52/h1-37H. The minimum Gasteiger partial charge on any atom is -0.455 e. The van der Waals surface area contributed by atoms with Gasteiger partial charge in [-0.25, -0.2) is 0 Å². The van der Waals surface area contributed by atoms with E-state index in [9.17, 15) is 0 Å². The van der Waals surface area contributed by atoms with Gasteiger partial charge in [0.1, 0.15) is 11.3 Å². The van der Waals surface area contributed by atoms with Crippen molar-refractivity contribution >= 4 is 60.3 Å². The van der Waals surface area contributed by atoms with Crippen molar-refractivity contribution in [3.05, 3.63) is 224 Å². The minimum atomic E-state index is 0.860. The summed E-state index contributed by atoms with van der Waals surface area (Å²) in [7, 11) is 0. The van der Waals surface area contributed by atoms with Crippen LogP contribution in [0.1, 0.15) is 0 Å². The Bertz CT molecular complexity index is 3290. The van der Waals surface area contributed by atoms with Crippen molar-refractivity contribution in [3.63, 3.8) is 0 Å². The molecule has 1 heterocycles. The molecule has 2 nitrogen and oxygen atoms in total. The molecule has 10 aromatic carbocycles. The Kier molecular flexibility index (Phi) is 8.19. The number of hydrogen-bond acceptors (Lipinski definition) is 2. The summed E-state index contributed by atoms with van der Waals surface area (Å²) in [4.78, 5) is 2.36. The molecule has 0 aliphatic heterocycles. The van der Waals surface area contributed by atoms with Gasteiger partial charge in [-0.05, 0) is 115 Å². The lowest BCUT2D eigenvalue weighted by molar-refractivity contribution is 0.632. The van der Waals surface area contributed by atoms with Gasteiger partial charge in [0.05, 0.1) is 0 Å². The van der Waals surface area contributed by atoms with Crippen LogP contribution >= 0.6 is 0 Å². The first-order chi connectivity index (χ1) is 28.7. The smallest absolute Gasteiger partial charge is 0.143 e. The van der Waals surface area contributed by atoms with Crippen LogP contribution in [0.5, 0.6) is 0 Å². The Morgan fingerprint density at radius 2 is 0.810 bits per heavy atom. The molecule has 0 aliphatic rings. The van der Waals surface area contributed by atoms with Gasteiger partial charge in [-0.2, -0.15) is 0 Å². The molecule has 0 saturated carbocycles. The van der Waals surface area contributed by atoms with Crippen LogP contribution in [0.4, 0.5) is 17.1 Å². The van der Waals surface area contributed by atoms with Crippen molar-refractivity contribution in [2.45, 2.75) is 0 Å². The summed E-state index contributed by atoms with van der Waals surface area (Å²) >= 11 is 0. The maximum absolute atomic E-state index is 6.70. The Morgan fingerprint density at radius 1 is 0.276 bits per heavy atom. The van der Waals surface area contributed by atoms with E-state index in [0.29, 0.717) is 0 Å². The topological polar surface area (TPSA) is 16.4 Å². The number of benzene rings is 10. The summed E-state index contributed by atoms with van der Waals surface area (Å²) in [6, 6.07) is 80.6. The molecule has 272 valence electrons. The van der Waals surface area contributed by atoms with Crippen molar-refractivity contribution in [2.75, 3.05) is 4.90 Å². The predicted molar refractivity (Wildman–Crippen MR) is 245 cm³/mol. The van der Waals surface area contributed by atoms with Gasteiger partial charge in [-0.1, -0.05) is 170 Å². The van der Waals surface area contributed by atoms with Crippen molar-refractivity contribution in [3.8, 4) is 44.7 Å². The molecule has 1 aromatic heterocycles. The van der Waals surface area contributed by atoms with Crippen molar-refractivity contribution in [1.29, 1.82) is 0 Å². The highest BCUT2D eigenvalue weighted by molar-refractivity contribution is 6.08. The number of rotatable bonds is 7. The predicted octanol–water partition coefficient (Wildman–Crippen LogP) is 16.0. The third-order valence-electron chi connectivity index (χ3n) is 11.4. The van der Waals surface area contributed by atoms with Gasteiger partial charge in [0.25, 0.3) is 0 Å². The molecular weight excluding hydrogens is 703 g/mol. The van der Waals surface area contributed by atoms with Crippen LogP contribution in [0.2, 0.25) is 0 Å². The minimum absolute atomic E-state index is 0.860. The lowest BCUT2D eigenvalue weighted by atomic mass is 9.97. The summed E-state index contributed by atoms with van der Waals surface area (Å²) in [5.74, 6) is 0.860. The molecule has 0 unspecified atom stereocenters. The van der Waals surface area contributed by atoms with E-state index in [4.69, 9.17) is 4.42 Å². The summed E-state index contributed by atoms with van der Waals surface area (Å²) in [5.41, 5.74) is 12.0. The fourth-order valence-electron chi connectivity index (χ4n) is 8.56. The molecule has 11 aromatic rings. The van der Waals surface area contributed by atoms with E-state index in [0.717, 1.165) is 56.0 Å². The molecule has 58 heavy (non-hydrogen) atoms. The summed E-state index contributed by atoms with van der Waals surface area (Å²) in [5, 5.41) is 8.63. The average molecular weight is 740 g/mol. The van der Waals surface area contributed by atoms with Gasteiger partial charge in [-0.15, -0.1) is 0 Å². The van der Waals surface area contributed by atoms with E-state index in [1.165, 1.54) is 49.0 Å². The third-order valence-corrected chi connectivity index (χ3v) is 11.4. The van der Waals surface area contributed by atoms with E-state index in [1.807, 2.05) is 6.07 Å². The summed E-state index contributed by atoms with van der Waals surface area (Å²) in [6.07, 6.45) is 0. The van der Waals surface area contributed by atoms with Crippen LogP contribution < -0.4 is 4.90 Å². The molecule has 0 saturated heterocycles. The quantitative estimate of drug-likeness (QED) is 0.151. The van der Waals surface area contributed by atoms with Gasteiger partial charge in [0.2, 0.25) is 0 Å². The monoisotopic (exact) mass is 739 g/mol. The van der Waals surface area contributed by atoms with Gasteiger partial charge in [0.15, 0.2) is 0 Å². The van der Waals surface area contributed by atoms with E-state index < -0.39 is 0 Å². The normalized spacial score (nSPS) is 11.4. The highest BCUT2D eigenvalue weighted by Crippen LogP contribution is 2.44. The second-order valence-electron chi connectivity index (χ2n) is 14.9. The Morgan fingerprint density at radius 3 is 1.64 bits per heavy atom. The highest BCUT2D eigenvalue weighted by Gasteiger charge is 2.20. The molecule has 0 bridgehead atoms. The van der Waals surface area contributed by atoms with Crippen molar-refractivity contribution < 1.29 is 4.42 Å². The fraction of sp³-hybridized carbons (Fsp3) is 0. The number of furan rings is 1. The van der Waals surface area contributed by atoms with E-state index in [-0.39, 0.29) is 0 Å². The van der Waals surface area contributed by atoms with Crippen LogP contribution in [0.15, 0.2) is 229 Å². The molecule has 11 rings (SSSR count). The molecule has 0 spiro atoms. The van der Waals surface area contributed by atoms with Gasteiger partial charge >= 0.3 is 0 Å². The Balaban J connectivity index is 1.04. The summed E-state index contributed by atoms with van der Waals surface area (Å²) in [6.45, 7) is 0. The number of hydrogen-bond donors (Lipinski definition) is 0. The molecule has 0 radical (unpaired) electrons. The van der Waals surface area contributed by atoms with Crippen LogP contribution in [-0.4, -0.2) is 0 Å². The van der Waals surface area contributed by atoms with Crippen molar-refractivity contribution in [1.82, 2.24) is 0 Å². The maximum Gasteiger partial charge on any atom is 0.143 e. The molecular formula is C56H37NO. The lowest BCUT2D eigenvalue weighted by Gasteiger charge is -2.27. The largest absolute Gasteiger partial charge is 0.455 e. The summed E-state index contributed by atoms with van der Waals surface area (Å²) < 4.78 is 6.70. The van der Waals surface area contributed by atoms with E-state index >= 15 is 0 Å². The van der Waals surface area contributed by atoms with Crippen molar-refractivity contribution in [2.24, 2.45) is 0 Å². The van der Waals surface area contributed by atoms with E-state index in [1.54, 1.807) is 0 Å². The molecule has 0 fully saturated rings. The number of nitrogens with zero attached hydrogens (tertiary/aromatic N) is 1.